The van der Waals surface area contributed by atoms with E-state index in [1.165, 1.54) is 0 Å². The Morgan fingerprint density at radius 3 is 2.74 bits per heavy atom. The first-order valence-corrected chi connectivity index (χ1v) is 6.71. The number of nitrogens with one attached hydrogen (secondary N) is 1. The van der Waals surface area contributed by atoms with Gasteiger partial charge in [0.1, 0.15) is 19.0 Å². The van der Waals surface area contributed by atoms with Crippen LogP contribution in [0, 0.1) is 0 Å². The highest BCUT2D eigenvalue weighted by molar-refractivity contribution is 5.89. The van der Waals surface area contributed by atoms with Crippen LogP contribution in [0.25, 0.3) is 10.8 Å². The molecule has 1 atom stereocenters. The zero-order valence-electron chi connectivity index (χ0n) is 11.4. The first kappa shape index (κ1) is 13.8. The second kappa shape index (κ2) is 6.53. The minimum Gasteiger partial charge on any atom is -0.490 e. The van der Waals surface area contributed by atoms with E-state index >= 15 is 0 Å². The molecule has 0 aliphatic heterocycles. The van der Waals surface area contributed by atoms with Crippen LogP contribution in [-0.2, 0) is 0 Å². The summed E-state index contributed by atoms with van der Waals surface area (Å²) < 4.78 is 18.1. The van der Waals surface area contributed by atoms with Crippen molar-refractivity contribution in [2.45, 2.75) is 19.9 Å². The van der Waals surface area contributed by atoms with Gasteiger partial charge in [-0.15, -0.1) is 0 Å². The number of hydrogen-bond donors (Lipinski definition) is 1. The van der Waals surface area contributed by atoms with E-state index in [4.69, 9.17) is 4.74 Å². The highest BCUT2D eigenvalue weighted by Gasteiger charge is 2.14. The number of benzene rings is 2. The van der Waals surface area contributed by atoms with Crippen molar-refractivity contribution >= 4 is 10.8 Å². The van der Waals surface area contributed by atoms with Gasteiger partial charge in [0.25, 0.3) is 0 Å². The summed E-state index contributed by atoms with van der Waals surface area (Å²) in [6, 6.07) is 12.4. The first-order chi connectivity index (χ1) is 9.27. The Bertz CT molecular complexity index is 541. The molecule has 2 aromatic carbocycles. The van der Waals surface area contributed by atoms with Crippen LogP contribution >= 0.6 is 0 Å². The minimum atomic E-state index is -0.474. The Morgan fingerprint density at radius 2 is 2.00 bits per heavy atom. The van der Waals surface area contributed by atoms with Crippen LogP contribution in [0.3, 0.4) is 0 Å². The van der Waals surface area contributed by atoms with E-state index in [9.17, 15) is 4.39 Å². The molecule has 2 nitrogen and oxygen atoms in total. The summed E-state index contributed by atoms with van der Waals surface area (Å²) in [4.78, 5) is 0. The second-order valence-corrected chi connectivity index (χ2v) is 4.52. The Kier molecular flexibility index (Phi) is 4.74. The average Bonchev–Trinajstić information content (AvgIpc) is 2.44. The Balaban J connectivity index is 2.49. The summed E-state index contributed by atoms with van der Waals surface area (Å²) in [5.41, 5.74) is 1.08. The van der Waals surface area contributed by atoms with Crippen molar-refractivity contribution in [1.82, 2.24) is 5.32 Å². The van der Waals surface area contributed by atoms with E-state index in [2.05, 4.69) is 31.3 Å². The molecule has 102 valence electrons. The van der Waals surface area contributed by atoms with E-state index in [1.54, 1.807) is 0 Å². The fraction of sp³-hybridized carbons (Fsp3) is 0.375. The largest absolute Gasteiger partial charge is 0.490 e. The second-order valence-electron chi connectivity index (χ2n) is 4.52. The summed E-state index contributed by atoms with van der Waals surface area (Å²) in [6.45, 7) is 4.67. The molecule has 2 aromatic rings. The number of halogens is 1. The van der Waals surface area contributed by atoms with Crippen molar-refractivity contribution in [2.75, 3.05) is 19.8 Å². The van der Waals surface area contributed by atoms with Gasteiger partial charge in [-0.3, -0.25) is 0 Å². The summed E-state index contributed by atoms with van der Waals surface area (Å²) in [5.74, 6) is 0.796. The van der Waals surface area contributed by atoms with Crippen molar-refractivity contribution in [3.8, 4) is 5.75 Å². The van der Waals surface area contributed by atoms with E-state index < -0.39 is 6.67 Å². The molecule has 1 N–H and O–H groups in total. The van der Waals surface area contributed by atoms with Crippen molar-refractivity contribution in [1.29, 1.82) is 0 Å². The molecule has 0 heterocycles. The molecular formula is C16H20FNO. The van der Waals surface area contributed by atoms with Gasteiger partial charge < -0.3 is 10.1 Å². The molecule has 0 aromatic heterocycles. The molecule has 0 saturated heterocycles. The van der Waals surface area contributed by atoms with Crippen molar-refractivity contribution in [2.24, 2.45) is 0 Å². The van der Waals surface area contributed by atoms with Gasteiger partial charge in [-0.2, -0.15) is 0 Å². The molecule has 3 heteroatoms. The summed E-state index contributed by atoms with van der Waals surface area (Å²) in [5, 5.41) is 5.52. The van der Waals surface area contributed by atoms with Crippen LogP contribution in [0.5, 0.6) is 5.75 Å². The lowest BCUT2D eigenvalue weighted by atomic mass is 10.0. The van der Waals surface area contributed by atoms with Crippen LogP contribution in [0.15, 0.2) is 36.4 Å². The molecule has 2 rings (SSSR count). The predicted molar refractivity (Wildman–Crippen MR) is 77.5 cm³/mol. The Morgan fingerprint density at radius 1 is 1.21 bits per heavy atom. The molecule has 0 fully saturated rings. The lowest BCUT2D eigenvalue weighted by Crippen LogP contribution is -2.19. The Labute approximate surface area is 113 Å². The van der Waals surface area contributed by atoms with E-state index in [0.717, 1.165) is 28.6 Å². The van der Waals surface area contributed by atoms with Gasteiger partial charge in [0, 0.05) is 17.0 Å². The molecule has 0 aliphatic rings. The van der Waals surface area contributed by atoms with Crippen LogP contribution < -0.4 is 10.1 Å². The maximum atomic E-state index is 12.4. The van der Waals surface area contributed by atoms with Crippen LogP contribution in [0.4, 0.5) is 4.39 Å². The third-order valence-corrected chi connectivity index (χ3v) is 3.21. The lowest BCUT2D eigenvalue weighted by Gasteiger charge is -2.19. The third kappa shape index (κ3) is 3.04. The maximum absolute atomic E-state index is 12.4. The minimum absolute atomic E-state index is 0.0971. The smallest absolute Gasteiger partial charge is 0.132 e. The summed E-state index contributed by atoms with van der Waals surface area (Å²) in [6.07, 6.45) is 0. The van der Waals surface area contributed by atoms with E-state index in [1.807, 2.05) is 24.3 Å². The molecule has 1 unspecified atom stereocenters. The zero-order valence-corrected chi connectivity index (χ0v) is 11.4. The van der Waals surface area contributed by atoms with Gasteiger partial charge in [-0.05, 0) is 18.9 Å². The van der Waals surface area contributed by atoms with Crippen molar-refractivity contribution < 1.29 is 9.13 Å². The monoisotopic (exact) mass is 261 g/mol. The number of alkyl halides is 1. The van der Waals surface area contributed by atoms with Gasteiger partial charge in [-0.1, -0.05) is 43.3 Å². The van der Waals surface area contributed by atoms with E-state index in [-0.39, 0.29) is 12.6 Å². The van der Waals surface area contributed by atoms with Crippen LogP contribution in [0.1, 0.15) is 25.5 Å². The van der Waals surface area contributed by atoms with Gasteiger partial charge in [0.2, 0.25) is 0 Å². The summed E-state index contributed by atoms with van der Waals surface area (Å²) in [7, 11) is 0. The quantitative estimate of drug-likeness (QED) is 0.852. The third-order valence-electron chi connectivity index (χ3n) is 3.21. The van der Waals surface area contributed by atoms with Crippen LogP contribution in [0.2, 0.25) is 0 Å². The first-order valence-electron chi connectivity index (χ1n) is 6.71. The number of ether oxygens (including phenoxy) is 1. The highest BCUT2D eigenvalue weighted by atomic mass is 19.1. The fourth-order valence-corrected chi connectivity index (χ4v) is 2.32. The normalized spacial score (nSPS) is 12.6. The molecule has 0 amide bonds. The predicted octanol–water partition coefficient (Wildman–Crippen LogP) is 3.86. The molecule has 0 aliphatic carbocycles. The SMILES string of the molecule is CCNC(C)c1ccc2ccccc2c1OCCF. The highest BCUT2D eigenvalue weighted by Crippen LogP contribution is 2.33. The molecule has 19 heavy (non-hydrogen) atoms. The molecular weight excluding hydrogens is 241 g/mol. The molecule has 0 saturated carbocycles. The number of fused-ring (bicyclic) bond motifs is 1. The average molecular weight is 261 g/mol. The summed E-state index contributed by atoms with van der Waals surface area (Å²) >= 11 is 0. The molecule has 0 spiro atoms. The Hall–Kier alpha value is -1.61. The van der Waals surface area contributed by atoms with Gasteiger partial charge >= 0.3 is 0 Å². The van der Waals surface area contributed by atoms with Crippen molar-refractivity contribution in [3.05, 3.63) is 42.0 Å². The van der Waals surface area contributed by atoms with Crippen LogP contribution in [-0.4, -0.2) is 19.8 Å². The molecule has 0 bridgehead atoms. The van der Waals surface area contributed by atoms with Gasteiger partial charge in [0.15, 0.2) is 0 Å². The fourth-order valence-electron chi connectivity index (χ4n) is 2.32. The standard InChI is InChI=1S/C16H20FNO/c1-3-18-12(2)14-9-8-13-6-4-5-7-15(13)16(14)19-11-10-17/h4-9,12,18H,3,10-11H2,1-2H3. The number of rotatable bonds is 6. The van der Waals surface area contributed by atoms with Crippen molar-refractivity contribution in [3.63, 3.8) is 0 Å². The number of hydrogen-bond acceptors (Lipinski definition) is 2. The molecule has 0 radical (unpaired) electrons. The van der Waals surface area contributed by atoms with E-state index in [0.29, 0.717) is 0 Å². The van der Waals surface area contributed by atoms with Gasteiger partial charge in [0.05, 0.1) is 0 Å². The topological polar surface area (TPSA) is 21.3 Å². The maximum Gasteiger partial charge on any atom is 0.132 e. The lowest BCUT2D eigenvalue weighted by molar-refractivity contribution is 0.272. The zero-order chi connectivity index (χ0) is 13.7. The van der Waals surface area contributed by atoms with Gasteiger partial charge in [-0.25, -0.2) is 4.39 Å².